The average Bonchev–Trinajstić information content (AvgIpc) is 2.34. The summed E-state index contributed by atoms with van der Waals surface area (Å²) in [4.78, 5) is 8.63. The lowest BCUT2D eigenvalue weighted by Crippen LogP contribution is -2.12. The summed E-state index contributed by atoms with van der Waals surface area (Å²) in [5.41, 5.74) is 9.50. The molecule has 0 saturated carbocycles. The highest BCUT2D eigenvalue weighted by atomic mass is 32.1. The number of nitrogens with two attached hydrogens (primary N) is 1. The topological polar surface area (TPSA) is 63.8 Å². The van der Waals surface area contributed by atoms with Crippen LogP contribution < -0.4 is 11.1 Å². The molecule has 0 aliphatic rings. The molecule has 0 bridgehead atoms. The van der Waals surface area contributed by atoms with Crippen LogP contribution in [0.25, 0.3) is 0 Å². The van der Waals surface area contributed by atoms with Crippen molar-refractivity contribution in [3.05, 3.63) is 47.3 Å². The Morgan fingerprint density at radius 1 is 1.22 bits per heavy atom. The summed E-state index contributed by atoms with van der Waals surface area (Å²) in [5.74, 6) is 0.489. The smallest absolute Gasteiger partial charge is 0.227 e. The fourth-order valence-electron chi connectivity index (χ4n) is 1.50. The van der Waals surface area contributed by atoms with E-state index < -0.39 is 0 Å². The summed E-state index contributed by atoms with van der Waals surface area (Å²) in [5, 5.41) is 3.13. The summed E-state index contributed by atoms with van der Waals surface area (Å²) in [6.07, 6.45) is 1.63. The molecule has 18 heavy (non-hydrogen) atoms. The molecule has 0 fully saturated rings. The summed E-state index contributed by atoms with van der Waals surface area (Å²) >= 11 is 4.88. The minimum Gasteiger partial charge on any atom is -0.388 e. The van der Waals surface area contributed by atoms with Crippen molar-refractivity contribution in [2.45, 2.75) is 13.8 Å². The quantitative estimate of drug-likeness (QED) is 0.828. The van der Waals surface area contributed by atoms with Crippen LogP contribution in [0.5, 0.6) is 0 Å². The van der Waals surface area contributed by atoms with Gasteiger partial charge >= 0.3 is 0 Å². The molecule has 0 unspecified atom stereocenters. The number of hydrogen-bond donors (Lipinski definition) is 2. The number of aryl methyl sites for hydroxylation is 2. The molecule has 0 radical (unpaired) electrons. The molecule has 1 heterocycles. The van der Waals surface area contributed by atoms with Crippen molar-refractivity contribution in [2.24, 2.45) is 5.73 Å². The van der Waals surface area contributed by atoms with Crippen LogP contribution in [0.3, 0.4) is 0 Å². The fourth-order valence-corrected chi connectivity index (χ4v) is 1.62. The molecule has 0 saturated heterocycles. The van der Waals surface area contributed by atoms with Crippen molar-refractivity contribution < 1.29 is 0 Å². The first-order chi connectivity index (χ1) is 8.56. The molecule has 3 N–H and O–H groups in total. The second-order valence-electron chi connectivity index (χ2n) is 4.05. The fraction of sp³-hybridized carbons (Fsp3) is 0.154. The molecule has 2 aromatic rings. The summed E-state index contributed by atoms with van der Waals surface area (Å²) < 4.78 is 0. The molecule has 0 aliphatic heterocycles. The van der Waals surface area contributed by atoms with Crippen LogP contribution >= 0.6 is 12.2 Å². The van der Waals surface area contributed by atoms with Gasteiger partial charge in [0.2, 0.25) is 5.95 Å². The van der Waals surface area contributed by atoms with Crippen molar-refractivity contribution in [1.82, 2.24) is 9.97 Å². The van der Waals surface area contributed by atoms with Crippen LogP contribution in [0.15, 0.2) is 30.5 Å². The first kappa shape index (κ1) is 12.4. The highest BCUT2D eigenvalue weighted by Gasteiger charge is 2.02. The van der Waals surface area contributed by atoms with E-state index in [1.54, 1.807) is 12.3 Å². The molecule has 0 atom stereocenters. The third kappa shape index (κ3) is 2.81. The largest absolute Gasteiger partial charge is 0.388 e. The van der Waals surface area contributed by atoms with Gasteiger partial charge in [-0.3, -0.25) is 0 Å². The molecule has 0 spiro atoms. The molecule has 4 nitrogen and oxygen atoms in total. The van der Waals surface area contributed by atoms with Gasteiger partial charge in [-0.15, -0.1) is 0 Å². The molecule has 2 rings (SSSR count). The minimum absolute atomic E-state index is 0.264. The predicted molar refractivity (Wildman–Crippen MR) is 77.1 cm³/mol. The Hall–Kier alpha value is -2.01. The minimum atomic E-state index is 0.264. The van der Waals surface area contributed by atoms with Crippen molar-refractivity contribution in [3.63, 3.8) is 0 Å². The zero-order chi connectivity index (χ0) is 13.1. The Morgan fingerprint density at radius 2 is 2.00 bits per heavy atom. The van der Waals surface area contributed by atoms with E-state index >= 15 is 0 Å². The number of thiocarbonyl (C=S) groups is 1. The first-order valence-electron chi connectivity index (χ1n) is 5.53. The van der Waals surface area contributed by atoms with Crippen molar-refractivity contribution in [1.29, 1.82) is 0 Å². The Bertz CT molecular complexity index is 595. The zero-order valence-electron chi connectivity index (χ0n) is 10.3. The van der Waals surface area contributed by atoms with Gasteiger partial charge in [-0.2, -0.15) is 0 Å². The lowest BCUT2D eigenvalue weighted by molar-refractivity contribution is 1.15. The predicted octanol–water partition coefficient (Wildman–Crippen LogP) is 2.47. The van der Waals surface area contributed by atoms with Gasteiger partial charge in [0, 0.05) is 11.9 Å². The van der Waals surface area contributed by atoms with Crippen LogP contribution in [0.4, 0.5) is 11.6 Å². The van der Waals surface area contributed by atoms with Crippen LogP contribution in [-0.2, 0) is 0 Å². The molecule has 1 aromatic carbocycles. The second kappa shape index (κ2) is 5.10. The SMILES string of the molecule is Cc1ccc(Nc2nccc(C(N)=S)n2)cc1C. The number of benzene rings is 1. The van der Waals surface area contributed by atoms with E-state index in [2.05, 4.69) is 35.2 Å². The van der Waals surface area contributed by atoms with Gasteiger partial charge in [0.1, 0.15) is 10.7 Å². The molecule has 1 aromatic heterocycles. The Balaban J connectivity index is 2.25. The monoisotopic (exact) mass is 258 g/mol. The standard InChI is InChI=1S/C13H14N4S/c1-8-3-4-10(7-9(8)2)16-13-15-6-5-11(17-13)12(14)18/h3-7H,1-2H3,(H2,14,18)(H,15,16,17). The summed E-state index contributed by atoms with van der Waals surface area (Å²) in [7, 11) is 0. The van der Waals surface area contributed by atoms with Gasteiger partial charge < -0.3 is 11.1 Å². The normalized spacial score (nSPS) is 10.1. The lowest BCUT2D eigenvalue weighted by atomic mass is 10.1. The molecule has 0 aliphatic carbocycles. The molecule has 0 amide bonds. The van der Waals surface area contributed by atoms with Gasteiger partial charge in [0.25, 0.3) is 0 Å². The number of nitrogens with one attached hydrogen (secondary N) is 1. The maximum atomic E-state index is 5.53. The van der Waals surface area contributed by atoms with E-state index in [9.17, 15) is 0 Å². The Labute approximate surface area is 111 Å². The number of anilines is 2. The van der Waals surface area contributed by atoms with Gasteiger partial charge in [0.05, 0.1) is 0 Å². The maximum absolute atomic E-state index is 5.53. The lowest BCUT2D eigenvalue weighted by Gasteiger charge is -2.08. The number of aromatic nitrogens is 2. The van der Waals surface area contributed by atoms with Crippen molar-refractivity contribution in [2.75, 3.05) is 5.32 Å². The number of nitrogens with zero attached hydrogens (tertiary/aromatic N) is 2. The average molecular weight is 258 g/mol. The van der Waals surface area contributed by atoms with Crippen LogP contribution in [-0.4, -0.2) is 15.0 Å². The molecule has 5 heteroatoms. The number of rotatable bonds is 3. The summed E-state index contributed by atoms with van der Waals surface area (Å²) in [6.45, 7) is 4.13. The molecular formula is C13H14N4S. The van der Waals surface area contributed by atoms with E-state index in [0.29, 0.717) is 11.6 Å². The highest BCUT2D eigenvalue weighted by Crippen LogP contribution is 2.17. The Morgan fingerprint density at radius 3 is 2.67 bits per heavy atom. The Kier molecular flexibility index (Phi) is 3.53. The zero-order valence-corrected chi connectivity index (χ0v) is 11.1. The van der Waals surface area contributed by atoms with Crippen molar-refractivity contribution in [3.8, 4) is 0 Å². The number of hydrogen-bond acceptors (Lipinski definition) is 4. The van der Waals surface area contributed by atoms with Crippen molar-refractivity contribution >= 4 is 28.8 Å². The van der Waals surface area contributed by atoms with Gasteiger partial charge in [-0.1, -0.05) is 18.3 Å². The van der Waals surface area contributed by atoms with E-state index in [-0.39, 0.29) is 4.99 Å². The highest BCUT2D eigenvalue weighted by molar-refractivity contribution is 7.80. The third-order valence-electron chi connectivity index (χ3n) is 2.67. The van der Waals surface area contributed by atoms with E-state index in [0.717, 1.165) is 5.69 Å². The van der Waals surface area contributed by atoms with E-state index in [1.165, 1.54) is 11.1 Å². The third-order valence-corrected chi connectivity index (χ3v) is 2.88. The second-order valence-corrected chi connectivity index (χ2v) is 4.49. The van der Waals surface area contributed by atoms with Gasteiger partial charge in [-0.25, -0.2) is 9.97 Å². The maximum Gasteiger partial charge on any atom is 0.227 e. The van der Waals surface area contributed by atoms with Crippen LogP contribution in [0, 0.1) is 13.8 Å². The summed E-state index contributed by atoms with van der Waals surface area (Å²) in [6, 6.07) is 7.77. The van der Waals surface area contributed by atoms with E-state index in [1.807, 2.05) is 12.1 Å². The molecular weight excluding hydrogens is 244 g/mol. The van der Waals surface area contributed by atoms with Gasteiger partial charge in [0.15, 0.2) is 0 Å². The van der Waals surface area contributed by atoms with Crippen LogP contribution in [0.2, 0.25) is 0 Å². The first-order valence-corrected chi connectivity index (χ1v) is 5.94. The van der Waals surface area contributed by atoms with Crippen LogP contribution in [0.1, 0.15) is 16.8 Å². The van der Waals surface area contributed by atoms with Gasteiger partial charge in [-0.05, 0) is 43.2 Å². The molecule has 92 valence electrons. The van der Waals surface area contributed by atoms with E-state index in [4.69, 9.17) is 18.0 Å².